The van der Waals surface area contributed by atoms with Gasteiger partial charge in [0.1, 0.15) is 6.09 Å². The number of aliphatic imine (C=N–C) groups is 1. The van der Waals surface area contributed by atoms with Crippen molar-refractivity contribution in [3.8, 4) is 0 Å². The molecular formula is C4H5N2NaO2. The van der Waals surface area contributed by atoms with Crippen LogP contribution < -0.4 is 34.7 Å². The van der Waals surface area contributed by atoms with Crippen molar-refractivity contribution in [2.45, 2.75) is 0 Å². The molecule has 0 saturated heterocycles. The largest absolute Gasteiger partial charge is 1.00 e. The van der Waals surface area contributed by atoms with Crippen molar-refractivity contribution in [2.75, 3.05) is 13.1 Å². The Morgan fingerprint density at radius 3 is 2.67 bits per heavy atom. The summed E-state index contributed by atoms with van der Waals surface area (Å²) in [5.74, 6) is 0. The maximum Gasteiger partial charge on any atom is 1.00 e. The SMILES string of the molecule is O=C([O-])N1C=NCC1.[Na+]. The van der Waals surface area contributed by atoms with Gasteiger partial charge in [0.15, 0.2) is 0 Å². The average Bonchev–Trinajstić information content (AvgIpc) is 2.12. The molecule has 1 aliphatic heterocycles. The standard InChI is InChI=1S/C4H6N2O2.Na/c7-4(8)6-2-1-5-3-6;/h3H,1-2H2,(H,7,8);/q;+1/p-1. The number of nitrogens with zero attached hydrogens (tertiary/aromatic N) is 2. The van der Waals surface area contributed by atoms with E-state index in [1.165, 1.54) is 6.34 Å². The fourth-order valence-electron chi connectivity index (χ4n) is 0.518. The summed E-state index contributed by atoms with van der Waals surface area (Å²) in [5, 5.41) is 9.93. The van der Waals surface area contributed by atoms with Crippen molar-refractivity contribution >= 4 is 12.4 Å². The van der Waals surface area contributed by atoms with E-state index in [4.69, 9.17) is 0 Å². The number of amides is 1. The zero-order chi connectivity index (χ0) is 5.98. The Bertz CT molecular complexity index is 137. The Labute approximate surface area is 74.9 Å². The van der Waals surface area contributed by atoms with E-state index >= 15 is 0 Å². The van der Waals surface area contributed by atoms with Crippen molar-refractivity contribution in [1.82, 2.24) is 4.90 Å². The van der Waals surface area contributed by atoms with E-state index in [2.05, 4.69) is 4.99 Å². The van der Waals surface area contributed by atoms with Gasteiger partial charge in [-0.3, -0.25) is 4.99 Å². The van der Waals surface area contributed by atoms with Crippen molar-refractivity contribution < 1.29 is 39.5 Å². The molecule has 4 nitrogen and oxygen atoms in total. The fourth-order valence-corrected chi connectivity index (χ4v) is 0.518. The molecule has 0 aromatic carbocycles. The minimum atomic E-state index is -1.17. The summed E-state index contributed by atoms with van der Waals surface area (Å²) in [4.78, 5) is 14.6. The van der Waals surface area contributed by atoms with Gasteiger partial charge in [-0.15, -0.1) is 0 Å². The van der Waals surface area contributed by atoms with Gasteiger partial charge in [0, 0.05) is 6.54 Å². The van der Waals surface area contributed by atoms with Crippen LogP contribution in [0.1, 0.15) is 0 Å². The zero-order valence-corrected chi connectivity index (χ0v) is 7.20. The van der Waals surface area contributed by atoms with Gasteiger partial charge in [-0.05, 0) is 0 Å². The van der Waals surface area contributed by atoms with E-state index in [0.717, 1.165) is 4.90 Å². The van der Waals surface area contributed by atoms with Crippen molar-refractivity contribution in [2.24, 2.45) is 4.99 Å². The van der Waals surface area contributed by atoms with Crippen LogP contribution in [0.2, 0.25) is 0 Å². The molecule has 0 spiro atoms. The summed E-state index contributed by atoms with van der Waals surface area (Å²) in [6.45, 7) is 1.01. The predicted molar refractivity (Wildman–Crippen MR) is 25.5 cm³/mol. The van der Waals surface area contributed by atoms with E-state index in [0.29, 0.717) is 13.1 Å². The second-order valence-corrected chi connectivity index (χ2v) is 1.48. The quantitative estimate of drug-likeness (QED) is 0.316. The molecule has 0 unspecified atom stereocenters. The van der Waals surface area contributed by atoms with E-state index in [1.807, 2.05) is 0 Å². The Kier molecular flexibility index (Phi) is 3.84. The van der Waals surface area contributed by atoms with E-state index < -0.39 is 6.09 Å². The fraction of sp³-hybridized carbons (Fsp3) is 0.500. The molecule has 1 aliphatic rings. The Balaban J connectivity index is 0.000000640. The van der Waals surface area contributed by atoms with Crippen LogP contribution in [0.3, 0.4) is 0 Å². The number of carbonyl (C=O) groups is 1. The van der Waals surface area contributed by atoms with E-state index in [-0.39, 0.29) is 29.6 Å². The molecule has 44 valence electrons. The van der Waals surface area contributed by atoms with Crippen molar-refractivity contribution in [3.63, 3.8) is 0 Å². The third-order valence-corrected chi connectivity index (χ3v) is 0.926. The van der Waals surface area contributed by atoms with E-state index in [1.54, 1.807) is 0 Å². The number of rotatable bonds is 0. The molecular weight excluding hydrogens is 131 g/mol. The maximum absolute atomic E-state index is 9.93. The van der Waals surface area contributed by atoms with Gasteiger partial charge < -0.3 is 14.8 Å². The summed E-state index contributed by atoms with van der Waals surface area (Å²) < 4.78 is 0. The van der Waals surface area contributed by atoms with E-state index in [9.17, 15) is 9.90 Å². The van der Waals surface area contributed by atoms with Gasteiger partial charge in [0.2, 0.25) is 0 Å². The monoisotopic (exact) mass is 136 g/mol. The number of hydrogen-bond donors (Lipinski definition) is 0. The second kappa shape index (κ2) is 3.87. The predicted octanol–water partition coefficient (Wildman–Crippen LogP) is -4.32. The maximum atomic E-state index is 9.93. The van der Waals surface area contributed by atoms with Crippen molar-refractivity contribution in [3.05, 3.63) is 0 Å². The molecule has 1 amide bonds. The topological polar surface area (TPSA) is 55.7 Å². The number of carbonyl (C=O) groups excluding carboxylic acids is 1. The molecule has 0 fully saturated rings. The first-order valence-electron chi connectivity index (χ1n) is 2.28. The summed E-state index contributed by atoms with van der Waals surface area (Å²) in [7, 11) is 0. The van der Waals surface area contributed by atoms with Gasteiger partial charge in [-0.2, -0.15) is 0 Å². The smallest absolute Gasteiger partial charge is 0.530 e. The molecule has 5 heteroatoms. The van der Waals surface area contributed by atoms with Crippen LogP contribution in [0.25, 0.3) is 0 Å². The summed E-state index contributed by atoms with van der Waals surface area (Å²) in [5.41, 5.74) is 0. The van der Waals surface area contributed by atoms with Crippen LogP contribution >= 0.6 is 0 Å². The molecule has 0 bridgehead atoms. The van der Waals surface area contributed by atoms with Crippen molar-refractivity contribution in [1.29, 1.82) is 0 Å². The van der Waals surface area contributed by atoms with Gasteiger partial charge in [-0.25, -0.2) is 0 Å². The summed E-state index contributed by atoms with van der Waals surface area (Å²) in [6, 6.07) is 0. The van der Waals surface area contributed by atoms with Crippen LogP contribution in [0.15, 0.2) is 4.99 Å². The molecule has 0 N–H and O–H groups in total. The van der Waals surface area contributed by atoms with Crippen LogP contribution in [0.4, 0.5) is 4.79 Å². The molecule has 9 heavy (non-hydrogen) atoms. The molecule has 0 aromatic rings. The Hall–Kier alpha value is -0.0600. The summed E-state index contributed by atoms with van der Waals surface area (Å²) in [6.07, 6.45) is 0.0984. The van der Waals surface area contributed by atoms with Gasteiger partial charge in [0.25, 0.3) is 0 Å². The number of carboxylic acid groups (broad SMARTS) is 1. The van der Waals surface area contributed by atoms with Crippen LogP contribution in [-0.4, -0.2) is 30.4 Å². The van der Waals surface area contributed by atoms with Crippen LogP contribution in [0, 0.1) is 0 Å². The minimum Gasteiger partial charge on any atom is -0.530 e. The molecule has 1 rings (SSSR count). The molecule has 1 heterocycles. The average molecular weight is 136 g/mol. The first-order chi connectivity index (χ1) is 3.80. The normalized spacial score (nSPS) is 15.3. The second-order valence-electron chi connectivity index (χ2n) is 1.48. The van der Waals surface area contributed by atoms with Crippen LogP contribution in [0.5, 0.6) is 0 Å². The first kappa shape index (κ1) is 8.94. The Morgan fingerprint density at radius 1 is 1.78 bits per heavy atom. The third-order valence-electron chi connectivity index (χ3n) is 0.926. The molecule has 0 aromatic heterocycles. The van der Waals surface area contributed by atoms with Gasteiger partial charge >= 0.3 is 29.6 Å². The molecule has 0 atom stereocenters. The molecule has 0 aliphatic carbocycles. The van der Waals surface area contributed by atoms with Crippen LogP contribution in [-0.2, 0) is 0 Å². The molecule has 0 radical (unpaired) electrons. The zero-order valence-electron chi connectivity index (χ0n) is 5.20. The minimum absolute atomic E-state index is 0. The third kappa shape index (κ3) is 2.34. The number of hydrogen-bond acceptors (Lipinski definition) is 3. The van der Waals surface area contributed by atoms with Gasteiger partial charge in [0.05, 0.1) is 12.9 Å². The summed E-state index contributed by atoms with van der Waals surface area (Å²) >= 11 is 0. The first-order valence-corrected chi connectivity index (χ1v) is 2.28. The Morgan fingerprint density at radius 2 is 2.44 bits per heavy atom. The van der Waals surface area contributed by atoms with Gasteiger partial charge in [-0.1, -0.05) is 0 Å². The molecule has 0 saturated carbocycles.